The van der Waals surface area contributed by atoms with E-state index in [4.69, 9.17) is 23.8 Å². The Kier molecular flexibility index (Phi) is 10.8. The lowest BCUT2D eigenvalue weighted by Crippen LogP contribution is -2.85. The Morgan fingerprint density at radius 3 is 2.50 bits per heavy atom. The SMILES string of the molecule is CCN1CCN(N(C=O)C(C(=O)N[C@]2(NC=O)C(=O)N3C(C(=O)O)=C(C(=S)c4nnc(NC(=O)CCl)s4)CS[C@H]32)c2ccccc2)C(=O)C1=O. The molecule has 7 amide bonds. The van der Waals surface area contributed by atoms with Gasteiger partial charge in [0.2, 0.25) is 29.5 Å². The summed E-state index contributed by atoms with van der Waals surface area (Å²) in [6.07, 6.45) is 0.353. The number of aliphatic carboxylic acids is 1. The number of fused-ring (bicyclic) bond motifs is 1. The van der Waals surface area contributed by atoms with Crippen molar-refractivity contribution in [3.63, 3.8) is 0 Å². The zero-order chi connectivity index (χ0) is 36.3. The highest BCUT2D eigenvalue weighted by atomic mass is 35.5. The smallest absolute Gasteiger partial charge is 0.353 e. The second-order valence-electron chi connectivity index (χ2n) is 10.6. The lowest BCUT2D eigenvalue weighted by Gasteiger charge is -2.56. The number of piperazine rings is 1. The van der Waals surface area contributed by atoms with E-state index in [1.807, 2.05) is 0 Å². The molecule has 18 nitrogen and oxygen atoms in total. The number of carbonyl (C=O) groups is 8. The van der Waals surface area contributed by atoms with Gasteiger partial charge in [-0.25, -0.2) is 14.8 Å². The Morgan fingerprint density at radius 2 is 1.88 bits per heavy atom. The number of nitrogens with one attached hydrogen (secondary N) is 3. The molecule has 3 atom stereocenters. The molecule has 3 aliphatic heterocycles. The molecule has 0 radical (unpaired) electrons. The molecule has 2 saturated heterocycles. The lowest BCUT2D eigenvalue weighted by molar-refractivity contribution is -0.178. The molecule has 22 heteroatoms. The largest absolute Gasteiger partial charge is 0.477 e. The molecule has 50 heavy (non-hydrogen) atoms. The Labute approximate surface area is 301 Å². The van der Waals surface area contributed by atoms with Crippen LogP contribution in [0.4, 0.5) is 5.13 Å². The number of nitrogens with zero attached hydrogens (tertiary/aromatic N) is 6. The van der Waals surface area contributed by atoms with Crippen LogP contribution < -0.4 is 16.0 Å². The van der Waals surface area contributed by atoms with Crippen molar-refractivity contribution in [3.8, 4) is 0 Å². The highest BCUT2D eigenvalue weighted by Gasteiger charge is 2.66. The average Bonchev–Trinajstić information content (AvgIpc) is 3.59. The van der Waals surface area contributed by atoms with Crippen LogP contribution in [-0.2, 0) is 38.4 Å². The molecule has 2 aromatic rings. The first-order valence-corrected chi connectivity index (χ1v) is 17.3. The molecule has 1 unspecified atom stereocenters. The first-order valence-electron chi connectivity index (χ1n) is 14.5. The van der Waals surface area contributed by atoms with Gasteiger partial charge in [0.05, 0.1) is 11.4 Å². The minimum absolute atomic E-state index is 0.0168. The number of thiocarbonyl (C=S) groups is 1. The summed E-state index contributed by atoms with van der Waals surface area (Å²) in [5, 5.41) is 25.7. The highest BCUT2D eigenvalue weighted by Crippen LogP contribution is 2.46. The van der Waals surface area contributed by atoms with E-state index in [2.05, 4.69) is 26.1 Å². The fourth-order valence-electron chi connectivity index (χ4n) is 5.52. The van der Waals surface area contributed by atoms with Crippen molar-refractivity contribution >= 4 is 105 Å². The first kappa shape index (κ1) is 36.3. The Morgan fingerprint density at radius 1 is 1.16 bits per heavy atom. The van der Waals surface area contributed by atoms with Gasteiger partial charge in [-0.05, 0) is 12.5 Å². The number of carboxylic acid groups (broad SMARTS) is 1. The Hall–Kier alpha value is -4.99. The van der Waals surface area contributed by atoms with E-state index in [0.29, 0.717) is 0 Å². The number of rotatable bonds is 14. The number of hydrogen-bond donors (Lipinski definition) is 4. The molecule has 262 valence electrons. The summed E-state index contributed by atoms with van der Waals surface area (Å²) < 4.78 is 0. The van der Waals surface area contributed by atoms with Crippen molar-refractivity contribution in [1.29, 1.82) is 0 Å². The van der Waals surface area contributed by atoms with Gasteiger partial charge in [0.1, 0.15) is 17.0 Å². The molecule has 1 aromatic heterocycles. The van der Waals surface area contributed by atoms with Crippen LogP contribution in [0, 0.1) is 0 Å². The van der Waals surface area contributed by atoms with Gasteiger partial charge in [-0.2, -0.15) is 0 Å². The second kappa shape index (κ2) is 14.9. The number of hydrazine groups is 1. The highest BCUT2D eigenvalue weighted by molar-refractivity contribution is 8.00. The second-order valence-corrected chi connectivity index (χ2v) is 13.3. The van der Waals surface area contributed by atoms with Gasteiger partial charge in [-0.1, -0.05) is 53.9 Å². The summed E-state index contributed by atoms with van der Waals surface area (Å²) in [6.45, 7) is 1.87. The number of β-lactam (4-membered cyclic amide) rings is 1. The van der Waals surface area contributed by atoms with E-state index in [9.17, 15) is 43.5 Å². The standard InChI is InChI=1S/C28H26ClN9O9S3/c1-2-35-8-9-36(23(44)22(35)43)37(13-40)17(14-6-4-3-5-7-14)20(42)32-28(30-12-39)25(47)38-18(24(45)46)15(11-49-26(28)38)19(48)21-33-34-27(50-21)31-16(41)10-29/h3-7,12-13,17,26H,2,8-11H2,1H3,(H,30,39)(H,32,42)(H,45,46)(H,31,34,41)/t17?,26-,28+/m0/s1. The molecule has 0 aliphatic carbocycles. The van der Waals surface area contributed by atoms with Crippen LogP contribution in [0.1, 0.15) is 23.5 Å². The van der Waals surface area contributed by atoms with E-state index in [1.165, 1.54) is 17.0 Å². The number of hydrogen-bond acceptors (Lipinski definition) is 13. The predicted octanol–water partition coefficient (Wildman–Crippen LogP) is -0.949. The maximum Gasteiger partial charge on any atom is 0.353 e. The van der Waals surface area contributed by atoms with Crippen LogP contribution in [0.5, 0.6) is 0 Å². The third kappa shape index (κ3) is 6.39. The fraction of sp³-hybridized carbons (Fsp3) is 0.321. The normalized spacial score (nSPS) is 20.7. The summed E-state index contributed by atoms with van der Waals surface area (Å²) in [6, 6.07) is 6.11. The van der Waals surface area contributed by atoms with Gasteiger partial charge >= 0.3 is 17.8 Å². The van der Waals surface area contributed by atoms with Crippen molar-refractivity contribution in [2.75, 3.05) is 36.6 Å². The molecule has 2 fully saturated rings. The third-order valence-corrected chi connectivity index (χ3v) is 10.8. The van der Waals surface area contributed by atoms with E-state index < -0.39 is 58.3 Å². The molecule has 4 heterocycles. The monoisotopic (exact) mass is 763 g/mol. The van der Waals surface area contributed by atoms with Crippen LogP contribution in [0.25, 0.3) is 0 Å². The number of amides is 7. The molecule has 0 spiro atoms. The van der Waals surface area contributed by atoms with Gasteiger partial charge in [-0.3, -0.25) is 43.8 Å². The van der Waals surface area contributed by atoms with Crippen LogP contribution in [0.2, 0.25) is 0 Å². The van der Waals surface area contributed by atoms with Gasteiger partial charge in [0, 0.05) is 24.4 Å². The van der Waals surface area contributed by atoms with E-state index >= 15 is 0 Å². The summed E-state index contributed by atoms with van der Waals surface area (Å²) >= 11 is 12.8. The summed E-state index contributed by atoms with van der Waals surface area (Å²) in [5.74, 6) is -6.60. The van der Waals surface area contributed by atoms with Crippen LogP contribution in [0.15, 0.2) is 41.6 Å². The number of thioether (sulfide) groups is 1. The van der Waals surface area contributed by atoms with Crippen molar-refractivity contribution < 1.29 is 43.5 Å². The summed E-state index contributed by atoms with van der Waals surface area (Å²) in [7, 11) is 0. The summed E-state index contributed by atoms with van der Waals surface area (Å²) in [5.41, 5.74) is -2.53. The minimum atomic E-state index is -2.21. The van der Waals surface area contributed by atoms with Crippen molar-refractivity contribution in [2.45, 2.75) is 24.0 Å². The molecule has 3 aliphatic rings. The Balaban J connectivity index is 1.47. The van der Waals surface area contributed by atoms with Crippen LogP contribution >= 0.6 is 46.9 Å². The zero-order valence-corrected chi connectivity index (χ0v) is 28.9. The van der Waals surface area contributed by atoms with Gasteiger partial charge in [-0.15, -0.1) is 33.6 Å². The van der Waals surface area contributed by atoms with Gasteiger partial charge < -0.3 is 20.6 Å². The molecule has 1 aromatic carbocycles. The molecular formula is C28H26ClN9O9S3. The quantitative estimate of drug-likeness (QED) is 0.0346. The lowest BCUT2D eigenvalue weighted by atomic mass is 9.93. The van der Waals surface area contributed by atoms with Gasteiger partial charge in [0.15, 0.2) is 11.0 Å². The topological polar surface area (TPSA) is 232 Å². The average molecular weight is 764 g/mol. The summed E-state index contributed by atoms with van der Waals surface area (Å²) in [4.78, 5) is 105. The molecular weight excluding hydrogens is 738 g/mol. The minimum Gasteiger partial charge on any atom is -0.477 e. The predicted molar refractivity (Wildman–Crippen MR) is 180 cm³/mol. The number of benzene rings is 1. The van der Waals surface area contributed by atoms with E-state index in [-0.39, 0.29) is 70.2 Å². The number of aromatic nitrogens is 2. The van der Waals surface area contributed by atoms with Crippen LogP contribution in [-0.4, -0.2) is 131 Å². The van der Waals surface area contributed by atoms with Crippen molar-refractivity contribution in [3.05, 3.63) is 52.2 Å². The van der Waals surface area contributed by atoms with Crippen LogP contribution in [0.3, 0.4) is 0 Å². The van der Waals surface area contributed by atoms with Crippen molar-refractivity contribution in [2.24, 2.45) is 0 Å². The number of anilines is 1. The van der Waals surface area contributed by atoms with Gasteiger partial charge in [0.25, 0.3) is 11.8 Å². The molecule has 5 rings (SSSR count). The first-order chi connectivity index (χ1) is 23.9. The number of halogens is 1. The number of alkyl halides is 1. The Bertz CT molecular complexity index is 1830. The van der Waals surface area contributed by atoms with E-state index in [0.717, 1.165) is 38.0 Å². The van der Waals surface area contributed by atoms with E-state index in [1.54, 1.807) is 25.1 Å². The molecule has 0 saturated carbocycles. The number of carbonyl (C=O) groups excluding carboxylic acids is 7. The molecule has 4 N–H and O–H groups in total. The zero-order valence-electron chi connectivity index (χ0n) is 25.7. The number of carboxylic acids is 1. The maximum absolute atomic E-state index is 14.2. The number of likely N-dealkylation sites (N-methyl/N-ethyl adjacent to an activating group) is 1. The third-order valence-electron chi connectivity index (χ3n) is 7.83. The fourth-order valence-corrected chi connectivity index (χ4v) is 8.17. The maximum atomic E-state index is 14.2. The molecule has 0 bridgehead atoms. The van der Waals surface area contributed by atoms with Crippen molar-refractivity contribution in [1.82, 2.24) is 40.6 Å².